The maximum absolute atomic E-state index is 12.0. The minimum Gasteiger partial charge on any atom is -0.378 e. The van der Waals surface area contributed by atoms with Crippen LogP contribution in [0.15, 0.2) is 54.7 Å². The highest BCUT2D eigenvalue weighted by Gasteiger charge is 2.16. The Balaban J connectivity index is 1.62. The van der Waals surface area contributed by atoms with Crippen molar-refractivity contribution in [1.29, 1.82) is 0 Å². The topological polar surface area (TPSA) is 65.1 Å². The van der Waals surface area contributed by atoms with Crippen molar-refractivity contribution < 1.29 is 9.90 Å². The van der Waals surface area contributed by atoms with Crippen LogP contribution < -0.4 is 5.32 Å². The Bertz CT molecular complexity index is 809. The van der Waals surface area contributed by atoms with Gasteiger partial charge in [-0.1, -0.05) is 42.5 Å². The summed E-state index contributed by atoms with van der Waals surface area (Å²) in [6.45, 7) is 2.57. The number of nitrogens with one attached hydrogen (secondary N) is 2. The van der Waals surface area contributed by atoms with Crippen molar-refractivity contribution in [2.45, 2.75) is 19.4 Å². The van der Waals surface area contributed by atoms with Gasteiger partial charge in [0.15, 0.2) is 6.10 Å². The number of rotatable bonds is 5. The number of aromatic nitrogens is 1. The Morgan fingerprint density at radius 1 is 1.17 bits per heavy atom. The first-order chi connectivity index (χ1) is 11.2. The van der Waals surface area contributed by atoms with Crippen LogP contribution >= 0.6 is 0 Å². The van der Waals surface area contributed by atoms with Crippen molar-refractivity contribution in [2.24, 2.45) is 0 Å². The number of aliphatic hydroxyl groups is 1. The van der Waals surface area contributed by atoms with E-state index in [2.05, 4.69) is 23.3 Å². The smallest absolute Gasteiger partial charge is 0.253 e. The Kier molecular flexibility index (Phi) is 4.44. The second kappa shape index (κ2) is 6.67. The van der Waals surface area contributed by atoms with E-state index in [-0.39, 0.29) is 5.91 Å². The van der Waals surface area contributed by atoms with E-state index in [1.807, 2.05) is 24.4 Å². The molecule has 23 heavy (non-hydrogen) atoms. The van der Waals surface area contributed by atoms with Crippen molar-refractivity contribution in [3.63, 3.8) is 0 Å². The third kappa shape index (κ3) is 3.27. The van der Waals surface area contributed by atoms with Crippen LogP contribution in [0.1, 0.15) is 22.8 Å². The molecule has 1 amide bonds. The largest absolute Gasteiger partial charge is 0.378 e. The van der Waals surface area contributed by atoms with E-state index in [1.165, 1.54) is 16.5 Å². The van der Waals surface area contributed by atoms with Crippen LogP contribution in [0.5, 0.6) is 0 Å². The number of benzene rings is 2. The third-order valence-electron chi connectivity index (χ3n) is 4.05. The van der Waals surface area contributed by atoms with Gasteiger partial charge in [-0.25, -0.2) is 0 Å². The quantitative estimate of drug-likeness (QED) is 0.678. The molecule has 118 valence electrons. The van der Waals surface area contributed by atoms with Crippen molar-refractivity contribution >= 4 is 16.8 Å². The zero-order chi connectivity index (χ0) is 16.2. The fourth-order valence-electron chi connectivity index (χ4n) is 2.85. The number of fused-ring (bicyclic) bond motifs is 1. The minimum absolute atomic E-state index is 0.368. The van der Waals surface area contributed by atoms with Gasteiger partial charge in [0, 0.05) is 23.6 Å². The normalized spacial score (nSPS) is 12.3. The van der Waals surface area contributed by atoms with Crippen LogP contribution in [-0.4, -0.2) is 22.5 Å². The van der Waals surface area contributed by atoms with Crippen LogP contribution in [0.3, 0.4) is 0 Å². The lowest BCUT2D eigenvalue weighted by molar-refractivity contribution is -0.129. The van der Waals surface area contributed by atoms with Crippen LogP contribution in [0.25, 0.3) is 10.9 Å². The number of aromatic amines is 1. The SMILES string of the molecule is Cc1cccc2[nH]cc(CCNC(=O)C(O)c3ccccc3)c12. The van der Waals surface area contributed by atoms with Gasteiger partial charge in [0.25, 0.3) is 5.91 Å². The standard InChI is InChI=1S/C19H20N2O2/c1-13-6-5-9-16-17(13)15(12-21-16)10-11-20-19(23)18(22)14-7-3-2-4-8-14/h2-9,12,18,21-22H,10-11H2,1H3,(H,20,23). The molecule has 0 saturated heterocycles. The van der Waals surface area contributed by atoms with Gasteiger partial charge in [0.1, 0.15) is 0 Å². The molecule has 1 heterocycles. The van der Waals surface area contributed by atoms with Gasteiger partial charge in [-0.3, -0.25) is 4.79 Å². The van der Waals surface area contributed by atoms with E-state index < -0.39 is 6.10 Å². The molecule has 0 aliphatic heterocycles. The summed E-state index contributed by atoms with van der Waals surface area (Å²) in [7, 11) is 0. The summed E-state index contributed by atoms with van der Waals surface area (Å²) >= 11 is 0. The molecule has 0 aliphatic carbocycles. The van der Waals surface area contributed by atoms with E-state index in [9.17, 15) is 9.90 Å². The fraction of sp³-hybridized carbons (Fsp3) is 0.211. The van der Waals surface area contributed by atoms with E-state index in [1.54, 1.807) is 24.3 Å². The number of hydrogen-bond acceptors (Lipinski definition) is 2. The van der Waals surface area contributed by atoms with Crippen LogP contribution in [0.4, 0.5) is 0 Å². The summed E-state index contributed by atoms with van der Waals surface area (Å²) in [5, 5.41) is 14.1. The van der Waals surface area contributed by atoms with Gasteiger partial charge in [-0.15, -0.1) is 0 Å². The summed E-state index contributed by atoms with van der Waals surface area (Å²) in [6.07, 6.45) is 1.58. The molecule has 0 spiro atoms. The number of carbonyl (C=O) groups is 1. The number of aliphatic hydroxyl groups excluding tert-OH is 1. The molecule has 0 fully saturated rings. The van der Waals surface area contributed by atoms with Crippen LogP contribution in [0, 0.1) is 6.92 Å². The van der Waals surface area contributed by atoms with Gasteiger partial charge >= 0.3 is 0 Å². The molecule has 0 bridgehead atoms. The second-order valence-corrected chi connectivity index (χ2v) is 5.67. The molecule has 3 N–H and O–H groups in total. The summed E-state index contributed by atoms with van der Waals surface area (Å²) in [6, 6.07) is 15.1. The zero-order valence-electron chi connectivity index (χ0n) is 13.0. The maximum Gasteiger partial charge on any atom is 0.253 e. The molecule has 1 atom stereocenters. The van der Waals surface area contributed by atoms with E-state index in [0.29, 0.717) is 12.1 Å². The van der Waals surface area contributed by atoms with E-state index in [4.69, 9.17) is 0 Å². The molecule has 3 rings (SSSR count). The first kappa shape index (κ1) is 15.3. The van der Waals surface area contributed by atoms with Crippen LogP contribution in [-0.2, 0) is 11.2 Å². The van der Waals surface area contributed by atoms with Gasteiger partial charge in [-0.2, -0.15) is 0 Å². The molecular formula is C19H20N2O2. The lowest BCUT2D eigenvalue weighted by Crippen LogP contribution is -2.30. The Morgan fingerprint density at radius 2 is 1.96 bits per heavy atom. The molecule has 4 nitrogen and oxygen atoms in total. The summed E-state index contributed by atoms with van der Waals surface area (Å²) in [5.41, 5.74) is 4.10. The first-order valence-electron chi connectivity index (χ1n) is 7.73. The Labute approximate surface area is 135 Å². The minimum atomic E-state index is -1.12. The summed E-state index contributed by atoms with van der Waals surface area (Å²) in [4.78, 5) is 15.3. The number of hydrogen-bond donors (Lipinski definition) is 3. The van der Waals surface area contributed by atoms with Crippen molar-refractivity contribution in [1.82, 2.24) is 10.3 Å². The van der Waals surface area contributed by atoms with Crippen molar-refractivity contribution in [3.05, 3.63) is 71.4 Å². The Morgan fingerprint density at radius 3 is 2.74 bits per heavy atom. The van der Waals surface area contributed by atoms with Gasteiger partial charge in [0.05, 0.1) is 0 Å². The van der Waals surface area contributed by atoms with E-state index >= 15 is 0 Å². The van der Waals surface area contributed by atoms with Gasteiger partial charge < -0.3 is 15.4 Å². The molecule has 1 unspecified atom stereocenters. The molecule has 0 radical (unpaired) electrons. The number of aryl methyl sites for hydroxylation is 1. The highest BCUT2D eigenvalue weighted by molar-refractivity contribution is 5.86. The molecule has 4 heteroatoms. The third-order valence-corrected chi connectivity index (χ3v) is 4.05. The Hall–Kier alpha value is -2.59. The van der Waals surface area contributed by atoms with Crippen molar-refractivity contribution in [2.75, 3.05) is 6.54 Å². The highest BCUT2D eigenvalue weighted by atomic mass is 16.3. The molecule has 3 aromatic rings. The fourth-order valence-corrected chi connectivity index (χ4v) is 2.85. The second-order valence-electron chi connectivity index (χ2n) is 5.67. The van der Waals surface area contributed by atoms with Gasteiger partial charge in [0.2, 0.25) is 0 Å². The summed E-state index contributed by atoms with van der Waals surface area (Å²) in [5.74, 6) is -0.368. The van der Waals surface area contributed by atoms with Crippen molar-refractivity contribution in [3.8, 4) is 0 Å². The maximum atomic E-state index is 12.0. The monoisotopic (exact) mass is 308 g/mol. The predicted molar refractivity (Wildman–Crippen MR) is 91.2 cm³/mol. The molecule has 0 aliphatic rings. The van der Waals surface area contributed by atoms with Crippen LogP contribution in [0.2, 0.25) is 0 Å². The average molecular weight is 308 g/mol. The summed E-state index contributed by atoms with van der Waals surface area (Å²) < 4.78 is 0. The number of H-pyrrole nitrogens is 1. The number of carbonyl (C=O) groups excluding carboxylic acids is 1. The predicted octanol–water partition coefficient (Wildman–Crippen LogP) is 2.87. The highest BCUT2D eigenvalue weighted by Crippen LogP contribution is 2.22. The molecule has 1 aromatic heterocycles. The zero-order valence-corrected chi connectivity index (χ0v) is 13.0. The van der Waals surface area contributed by atoms with Gasteiger partial charge in [-0.05, 0) is 36.1 Å². The molecule has 2 aromatic carbocycles. The average Bonchev–Trinajstić information content (AvgIpc) is 2.99. The lowest BCUT2D eigenvalue weighted by Gasteiger charge is -2.11. The van der Waals surface area contributed by atoms with E-state index in [0.717, 1.165) is 11.9 Å². The molecule has 0 saturated carbocycles. The first-order valence-corrected chi connectivity index (χ1v) is 7.73. The number of amides is 1. The molecular weight excluding hydrogens is 288 g/mol. The lowest BCUT2D eigenvalue weighted by atomic mass is 10.1.